The number of benzene rings is 1. The van der Waals surface area contributed by atoms with Gasteiger partial charge in [0.25, 0.3) is 17.4 Å². The van der Waals surface area contributed by atoms with Gasteiger partial charge in [-0.3, -0.25) is 24.2 Å². The van der Waals surface area contributed by atoms with Gasteiger partial charge in [-0.2, -0.15) is 4.98 Å². The summed E-state index contributed by atoms with van der Waals surface area (Å²) >= 11 is 0. The molecule has 0 spiro atoms. The van der Waals surface area contributed by atoms with Crippen LogP contribution in [0.15, 0.2) is 35.1 Å². The van der Waals surface area contributed by atoms with Crippen molar-refractivity contribution in [1.82, 2.24) is 25.6 Å². The van der Waals surface area contributed by atoms with E-state index in [0.717, 1.165) is 0 Å². The Kier molecular flexibility index (Phi) is 7.26. The molecule has 0 saturated heterocycles. The highest BCUT2D eigenvalue weighted by molar-refractivity contribution is 5.99. The van der Waals surface area contributed by atoms with Gasteiger partial charge in [0.05, 0.1) is 5.39 Å². The van der Waals surface area contributed by atoms with Crippen molar-refractivity contribution in [3.8, 4) is 0 Å². The number of nitrogens with two attached hydrogens (primary N) is 1. The number of nitrogen functional groups attached to an aromatic ring is 1. The number of hydrogen-bond acceptors (Lipinski definition) is 7. The van der Waals surface area contributed by atoms with Gasteiger partial charge < -0.3 is 31.6 Å². The SMILES string of the molecule is Nc1nc2[nH]c(CCNC(=O)c3ccc(C(=O)NC(CCC(=O)O)C(=O)O)cc3)cc2c(=O)[nH]1. The number of nitrogens with one attached hydrogen (secondary N) is 4. The molecule has 3 rings (SSSR count). The van der Waals surface area contributed by atoms with Gasteiger partial charge >= 0.3 is 11.9 Å². The van der Waals surface area contributed by atoms with E-state index in [9.17, 15) is 24.0 Å². The lowest BCUT2D eigenvalue weighted by molar-refractivity contribution is -0.140. The molecule has 0 bridgehead atoms. The number of anilines is 1. The van der Waals surface area contributed by atoms with Gasteiger partial charge in [-0.1, -0.05) is 0 Å². The molecule has 2 heterocycles. The molecule has 0 fully saturated rings. The quantitative estimate of drug-likeness (QED) is 0.209. The zero-order valence-electron chi connectivity index (χ0n) is 17.8. The molecule has 1 aromatic carbocycles. The highest BCUT2D eigenvalue weighted by atomic mass is 16.4. The maximum Gasteiger partial charge on any atom is 0.326 e. The third-order valence-corrected chi connectivity index (χ3v) is 4.91. The van der Waals surface area contributed by atoms with E-state index in [4.69, 9.17) is 15.9 Å². The fraction of sp³-hybridized carbons (Fsp3) is 0.238. The number of carbonyl (C=O) groups excluding carboxylic acids is 2. The summed E-state index contributed by atoms with van der Waals surface area (Å²) in [6.45, 7) is 0.255. The Morgan fingerprint density at radius 3 is 2.29 bits per heavy atom. The Morgan fingerprint density at radius 1 is 1.03 bits per heavy atom. The third-order valence-electron chi connectivity index (χ3n) is 4.91. The van der Waals surface area contributed by atoms with Crippen molar-refractivity contribution < 1.29 is 29.4 Å². The van der Waals surface area contributed by atoms with E-state index in [-0.39, 0.29) is 35.6 Å². The number of aliphatic carboxylic acids is 2. The number of rotatable bonds is 10. The largest absolute Gasteiger partial charge is 0.481 e. The molecule has 0 aliphatic carbocycles. The van der Waals surface area contributed by atoms with Crippen LogP contribution < -0.4 is 21.9 Å². The van der Waals surface area contributed by atoms with Crippen LogP contribution in [-0.4, -0.2) is 61.5 Å². The molecule has 0 saturated carbocycles. The van der Waals surface area contributed by atoms with Crippen LogP contribution in [0, 0.1) is 0 Å². The normalized spacial score (nSPS) is 11.6. The Bertz CT molecular complexity index is 1300. The Morgan fingerprint density at radius 2 is 1.68 bits per heavy atom. The molecule has 3 aromatic rings. The minimum Gasteiger partial charge on any atom is -0.481 e. The molecule has 178 valence electrons. The van der Waals surface area contributed by atoms with Crippen LogP contribution in [0.4, 0.5) is 5.95 Å². The van der Waals surface area contributed by atoms with E-state index < -0.39 is 36.2 Å². The topological polar surface area (TPSA) is 220 Å². The molecular formula is C21H22N6O7. The fourth-order valence-corrected chi connectivity index (χ4v) is 3.18. The van der Waals surface area contributed by atoms with Crippen LogP contribution in [0.25, 0.3) is 11.0 Å². The minimum absolute atomic E-state index is 0.00456. The van der Waals surface area contributed by atoms with Crippen LogP contribution in [-0.2, 0) is 16.0 Å². The number of carboxylic acid groups (broad SMARTS) is 2. The molecule has 13 heteroatoms. The maximum atomic E-state index is 12.4. The molecule has 0 radical (unpaired) electrons. The lowest BCUT2D eigenvalue weighted by atomic mass is 10.1. The van der Waals surface area contributed by atoms with Crippen molar-refractivity contribution in [2.45, 2.75) is 25.3 Å². The zero-order chi connectivity index (χ0) is 24.8. The van der Waals surface area contributed by atoms with Crippen molar-refractivity contribution >= 4 is 40.7 Å². The summed E-state index contributed by atoms with van der Waals surface area (Å²) in [6, 6.07) is 5.82. The van der Waals surface area contributed by atoms with Crippen molar-refractivity contribution in [2.24, 2.45) is 0 Å². The summed E-state index contributed by atoms with van der Waals surface area (Å²) in [7, 11) is 0. The number of fused-ring (bicyclic) bond motifs is 1. The Labute approximate surface area is 191 Å². The van der Waals surface area contributed by atoms with Crippen LogP contribution in [0.2, 0.25) is 0 Å². The second kappa shape index (κ2) is 10.3. The first-order chi connectivity index (χ1) is 16.1. The first-order valence-corrected chi connectivity index (χ1v) is 10.1. The molecule has 2 aromatic heterocycles. The number of aromatic amines is 2. The fourth-order valence-electron chi connectivity index (χ4n) is 3.18. The maximum absolute atomic E-state index is 12.4. The number of carboxylic acids is 2. The average molecular weight is 470 g/mol. The molecule has 0 aliphatic rings. The first kappa shape index (κ1) is 24.0. The number of aromatic nitrogens is 3. The molecule has 2 amide bonds. The van der Waals surface area contributed by atoms with Crippen LogP contribution in [0.3, 0.4) is 0 Å². The first-order valence-electron chi connectivity index (χ1n) is 10.1. The molecule has 1 atom stereocenters. The highest BCUT2D eigenvalue weighted by Crippen LogP contribution is 2.10. The van der Waals surface area contributed by atoms with E-state index >= 15 is 0 Å². The molecule has 1 unspecified atom stereocenters. The Hall–Kier alpha value is -4.68. The monoisotopic (exact) mass is 470 g/mol. The van der Waals surface area contributed by atoms with Gasteiger partial charge in [-0.05, 0) is 36.8 Å². The summed E-state index contributed by atoms with van der Waals surface area (Å²) < 4.78 is 0. The molecule has 8 N–H and O–H groups in total. The number of nitrogens with zero attached hydrogens (tertiary/aromatic N) is 1. The summed E-state index contributed by atoms with van der Waals surface area (Å²) in [5.41, 5.74) is 6.58. The van der Waals surface area contributed by atoms with E-state index in [1.807, 2.05) is 0 Å². The van der Waals surface area contributed by atoms with Crippen molar-refractivity contribution in [3.63, 3.8) is 0 Å². The molecular weight excluding hydrogens is 448 g/mol. The standard InChI is InChI=1S/C21H22N6O7/c22-21-26-16-13(19(32)27-21)9-12(24-16)7-8-23-17(30)10-1-3-11(4-2-10)18(31)25-14(20(33)34)5-6-15(28)29/h1-4,9,14H,5-8H2,(H,23,30)(H,25,31)(H,28,29)(H,33,34)(H4,22,24,26,27,32). The second-order valence-corrected chi connectivity index (χ2v) is 7.39. The second-order valence-electron chi connectivity index (χ2n) is 7.39. The Balaban J connectivity index is 1.54. The van der Waals surface area contributed by atoms with Crippen molar-refractivity contribution in [3.05, 3.63) is 57.5 Å². The van der Waals surface area contributed by atoms with E-state index in [0.29, 0.717) is 23.1 Å². The lowest BCUT2D eigenvalue weighted by Crippen LogP contribution is -2.41. The number of carbonyl (C=O) groups is 4. The summed E-state index contributed by atoms with van der Waals surface area (Å²) in [5.74, 6) is -3.61. The van der Waals surface area contributed by atoms with Gasteiger partial charge in [0.15, 0.2) is 0 Å². The van der Waals surface area contributed by atoms with Crippen LogP contribution in [0.5, 0.6) is 0 Å². The van der Waals surface area contributed by atoms with Gasteiger partial charge in [-0.15, -0.1) is 0 Å². The van der Waals surface area contributed by atoms with Crippen molar-refractivity contribution in [2.75, 3.05) is 12.3 Å². The lowest BCUT2D eigenvalue weighted by Gasteiger charge is -2.13. The van der Waals surface area contributed by atoms with Gasteiger partial charge in [-0.25, -0.2) is 4.79 Å². The van der Waals surface area contributed by atoms with E-state index in [1.54, 1.807) is 6.07 Å². The molecule has 13 nitrogen and oxygen atoms in total. The van der Waals surface area contributed by atoms with Gasteiger partial charge in [0.1, 0.15) is 11.7 Å². The van der Waals surface area contributed by atoms with E-state index in [1.165, 1.54) is 24.3 Å². The summed E-state index contributed by atoms with van der Waals surface area (Å²) in [6.07, 6.45) is -0.268. The predicted octanol–water partition coefficient (Wildman–Crippen LogP) is -0.146. The minimum atomic E-state index is -1.35. The van der Waals surface area contributed by atoms with Gasteiger partial charge in [0.2, 0.25) is 5.95 Å². The van der Waals surface area contributed by atoms with Gasteiger partial charge in [0, 0.05) is 36.2 Å². The molecule has 0 aliphatic heterocycles. The van der Waals surface area contributed by atoms with Crippen LogP contribution >= 0.6 is 0 Å². The number of H-pyrrole nitrogens is 2. The summed E-state index contributed by atoms with van der Waals surface area (Å²) in [4.78, 5) is 67.7. The van der Waals surface area contributed by atoms with E-state index in [2.05, 4.69) is 25.6 Å². The van der Waals surface area contributed by atoms with Crippen LogP contribution in [0.1, 0.15) is 39.3 Å². The third kappa shape index (κ3) is 5.97. The predicted molar refractivity (Wildman–Crippen MR) is 119 cm³/mol. The molecule has 34 heavy (non-hydrogen) atoms. The average Bonchev–Trinajstić information content (AvgIpc) is 3.19. The zero-order valence-corrected chi connectivity index (χ0v) is 17.8. The number of hydrogen-bond donors (Lipinski definition) is 7. The highest BCUT2D eigenvalue weighted by Gasteiger charge is 2.21. The number of amides is 2. The summed E-state index contributed by atoms with van der Waals surface area (Å²) in [5, 5.41) is 23.2. The smallest absolute Gasteiger partial charge is 0.326 e. The van der Waals surface area contributed by atoms with Crippen molar-refractivity contribution in [1.29, 1.82) is 0 Å².